The molecular formula is C22H30ClN3O4. The monoisotopic (exact) mass is 435 g/mol. The number of carbonyl (C=O) groups is 1. The van der Waals surface area contributed by atoms with Crippen LogP contribution in [-0.4, -0.2) is 53.0 Å². The number of ether oxygens (including phenoxy) is 2. The zero-order chi connectivity index (χ0) is 21.9. The summed E-state index contributed by atoms with van der Waals surface area (Å²) in [6.07, 6.45) is 1.60. The van der Waals surface area contributed by atoms with Crippen molar-refractivity contribution in [3.8, 4) is 0 Å². The molecule has 0 spiro atoms. The highest BCUT2D eigenvalue weighted by Crippen LogP contribution is 2.40. The Morgan fingerprint density at radius 2 is 1.90 bits per heavy atom. The SMILES string of the molecule is C[C@@H](Cc1noc(C2(c3ccc(Cl)cc3)CCOCC2)n1)N(C)C(=O)OC(C)(C)C. The van der Waals surface area contributed by atoms with Crippen LogP contribution in [-0.2, 0) is 21.3 Å². The minimum absolute atomic E-state index is 0.147. The third kappa shape index (κ3) is 5.13. The smallest absolute Gasteiger partial charge is 0.410 e. The van der Waals surface area contributed by atoms with Crippen molar-refractivity contribution in [1.29, 1.82) is 0 Å². The first kappa shape index (κ1) is 22.6. The summed E-state index contributed by atoms with van der Waals surface area (Å²) in [5.41, 5.74) is 0.150. The van der Waals surface area contributed by atoms with Crippen LogP contribution in [0.2, 0.25) is 5.02 Å². The first-order valence-electron chi connectivity index (χ1n) is 10.2. The fourth-order valence-electron chi connectivity index (χ4n) is 3.56. The number of benzene rings is 1. The standard InChI is InChI=1S/C22H30ClN3O4/c1-15(26(5)20(27)29-21(2,3)4)14-18-24-19(30-25-18)22(10-12-28-13-11-22)16-6-8-17(23)9-7-16/h6-9,15H,10-14H2,1-5H3/t15-/m0/s1. The van der Waals surface area contributed by atoms with Gasteiger partial charge in [0.1, 0.15) is 5.60 Å². The lowest BCUT2D eigenvalue weighted by molar-refractivity contribution is 0.0234. The number of carbonyl (C=O) groups excluding carboxylic acids is 1. The number of hydrogen-bond donors (Lipinski definition) is 0. The third-order valence-electron chi connectivity index (χ3n) is 5.44. The van der Waals surface area contributed by atoms with E-state index in [-0.39, 0.29) is 12.1 Å². The molecule has 1 amide bonds. The van der Waals surface area contributed by atoms with Crippen LogP contribution >= 0.6 is 11.6 Å². The average Bonchev–Trinajstić information content (AvgIpc) is 3.16. The summed E-state index contributed by atoms with van der Waals surface area (Å²) < 4.78 is 16.8. The van der Waals surface area contributed by atoms with Crippen LogP contribution in [0.4, 0.5) is 4.79 Å². The average molecular weight is 436 g/mol. The largest absolute Gasteiger partial charge is 0.444 e. The van der Waals surface area contributed by atoms with Crippen molar-refractivity contribution in [3.63, 3.8) is 0 Å². The molecule has 0 unspecified atom stereocenters. The van der Waals surface area contributed by atoms with E-state index in [1.807, 2.05) is 52.0 Å². The molecule has 1 aliphatic rings. The Kier molecular flexibility index (Phi) is 6.72. The lowest BCUT2D eigenvalue weighted by Crippen LogP contribution is -2.40. The highest BCUT2D eigenvalue weighted by atomic mass is 35.5. The first-order valence-corrected chi connectivity index (χ1v) is 10.6. The Morgan fingerprint density at radius 3 is 2.50 bits per heavy atom. The molecule has 3 rings (SSSR count). The molecule has 1 atom stereocenters. The first-order chi connectivity index (χ1) is 14.1. The van der Waals surface area contributed by atoms with Gasteiger partial charge in [-0.05, 0) is 58.2 Å². The molecule has 0 aliphatic carbocycles. The van der Waals surface area contributed by atoms with Crippen LogP contribution in [0.1, 0.15) is 57.8 Å². The second-order valence-electron chi connectivity index (χ2n) is 8.86. The minimum atomic E-state index is -0.543. The van der Waals surface area contributed by atoms with Crippen LogP contribution in [0.5, 0.6) is 0 Å². The number of hydrogen-bond acceptors (Lipinski definition) is 6. The van der Waals surface area contributed by atoms with Gasteiger partial charge in [-0.1, -0.05) is 28.9 Å². The van der Waals surface area contributed by atoms with Crippen LogP contribution in [0.3, 0.4) is 0 Å². The normalized spacial score (nSPS) is 17.4. The van der Waals surface area contributed by atoms with E-state index >= 15 is 0 Å². The van der Waals surface area contributed by atoms with Gasteiger partial charge in [-0.15, -0.1) is 0 Å². The van der Waals surface area contributed by atoms with Gasteiger partial charge in [0.15, 0.2) is 5.82 Å². The molecule has 1 aromatic carbocycles. The molecular weight excluding hydrogens is 406 g/mol. The van der Waals surface area contributed by atoms with E-state index in [0.29, 0.717) is 36.4 Å². The molecule has 0 bridgehead atoms. The van der Waals surface area contributed by atoms with E-state index in [2.05, 4.69) is 5.16 Å². The number of nitrogens with zero attached hydrogens (tertiary/aromatic N) is 3. The van der Waals surface area contributed by atoms with Gasteiger partial charge < -0.3 is 18.9 Å². The summed E-state index contributed by atoms with van der Waals surface area (Å²) in [5, 5.41) is 4.89. The number of rotatable bonds is 5. The highest BCUT2D eigenvalue weighted by Gasteiger charge is 2.41. The number of halogens is 1. The van der Waals surface area contributed by atoms with Crippen molar-refractivity contribution in [2.45, 2.75) is 64.0 Å². The maximum Gasteiger partial charge on any atom is 0.410 e. The van der Waals surface area contributed by atoms with Gasteiger partial charge in [-0.25, -0.2) is 4.79 Å². The number of amides is 1. The minimum Gasteiger partial charge on any atom is -0.444 e. The summed E-state index contributed by atoms with van der Waals surface area (Å²) in [4.78, 5) is 18.6. The van der Waals surface area contributed by atoms with E-state index in [0.717, 1.165) is 18.4 Å². The van der Waals surface area contributed by atoms with E-state index in [1.165, 1.54) is 0 Å². The summed E-state index contributed by atoms with van der Waals surface area (Å²) in [6.45, 7) is 8.72. The fourth-order valence-corrected chi connectivity index (χ4v) is 3.69. The Balaban J connectivity index is 1.78. The summed E-state index contributed by atoms with van der Waals surface area (Å²) >= 11 is 6.08. The van der Waals surface area contributed by atoms with E-state index < -0.39 is 11.0 Å². The molecule has 0 N–H and O–H groups in total. The molecule has 8 heteroatoms. The summed E-state index contributed by atoms with van der Waals surface area (Å²) in [6, 6.07) is 7.63. The Bertz CT molecular complexity index is 854. The van der Waals surface area contributed by atoms with Crippen molar-refractivity contribution in [2.24, 2.45) is 0 Å². The summed E-state index contributed by atoms with van der Waals surface area (Å²) in [7, 11) is 1.72. The second-order valence-corrected chi connectivity index (χ2v) is 9.30. The van der Waals surface area contributed by atoms with Crippen molar-refractivity contribution in [3.05, 3.63) is 46.6 Å². The molecule has 1 fully saturated rings. The molecule has 1 aromatic heterocycles. The van der Waals surface area contributed by atoms with Gasteiger partial charge in [0.05, 0.1) is 5.41 Å². The predicted octanol–water partition coefficient (Wildman–Crippen LogP) is 4.62. The van der Waals surface area contributed by atoms with Crippen molar-refractivity contribution < 1.29 is 18.8 Å². The van der Waals surface area contributed by atoms with Gasteiger partial charge in [0.2, 0.25) is 5.89 Å². The predicted molar refractivity (Wildman–Crippen MR) is 114 cm³/mol. The quantitative estimate of drug-likeness (QED) is 0.682. The molecule has 2 aromatic rings. The third-order valence-corrected chi connectivity index (χ3v) is 5.69. The summed E-state index contributed by atoms with van der Waals surface area (Å²) in [5.74, 6) is 1.14. The molecule has 2 heterocycles. The Labute approximate surface area is 182 Å². The molecule has 30 heavy (non-hydrogen) atoms. The van der Waals surface area contributed by atoms with Crippen LogP contribution in [0.15, 0.2) is 28.8 Å². The van der Waals surface area contributed by atoms with Gasteiger partial charge in [0, 0.05) is 37.7 Å². The zero-order valence-corrected chi connectivity index (χ0v) is 19.0. The second kappa shape index (κ2) is 8.94. The molecule has 0 saturated carbocycles. The molecule has 1 aliphatic heterocycles. The van der Waals surface area contributed by atoms with Crippen molar-refractivity contribution in [2.75, 3.05) is 20.3 Å². The van der Waals surface area contributed by atoms with E-state index in [4.69, 9.17) is 30.6 Å². The van der Waals surface area contributed by atoms with Crippen LogP contribution in [0.25, 0.3) is 0 Å². The lowest BCUT2D eigenvalue weighted by atomic mass is 9.74. The lowest BCUT2D eigenvalue weighted by Gasteiger charge is -2.34. The molecule has 164 valence electrons. The highest BCUT2D eigenvalue weighted by molar-refractivity contribution is 6.30. The number of likely N-dealkylation sites (N-methyl/N-ethyl adjacent to an activating group) is 1. The van der Waals surface area contributed by atoms with Crippen LogP contribution in [0, 0.1) is 0 Å². The van der Waals surface area contributed by atoms with Gasteiger partial charge in [0.25, 0.3) is 0 Å². The van der Waals surface area contributed by atoms with Crippen LogP contribution < -0.4 is 0 Å². The maximum absolute atomic E-state index is 12.3. The van der Waals surface area contributed by atoms with Gasteiger partial charge in [-0.3, -0.25) is 0 Å². The van der Waals surface area contributed by atoms with Gasteiger partial charge >= 0.3 is 6.09 Å². The van der Waals surface area contributed by atoms with Crippen molar-refractivity contribution >= 4 is 17.7 Å². The van der Waals surface area contributed by atoms with E-state index in [1.54, 1.807) is 11.9 Å². The Hall–Kier alpha value is -2.12. The Morgan fingerprint density at radius 1 is 1.27 bits per heavy atom. The van der Waals surface area contributed by atoms with E-state index in [9.17, 15) is 4.79 Å². The fraction of sp³-hybridized carbons (Fsp3) is 0.591. The molecule has 0 radical (unpaired) electrons. The number of aromatic nitrogens is 2. The molecule has 7 nitrogen and oxygen atoms in total. The zero-order valence-electron chi connectivity index (χ0n) is 18.3. The molecule has 1 saturated heterocycles. The maximum atomic E-state index is 12.3. The topological polar surface area (TPSA) is 77.7 Å². The van der Waals surface area contributed by atoms with Gasteiger partial charge in [-0.2, -0.15) is 4.98 Å². The van der Waals surface area contributed by atoms with Crippen molar-refractivity contribution in [1.82, 2.24) is 15.0 Å².